The van der Waals surface area contributed by atoms with Crippen LogP contribution in [0, 0.1) is 29.6 Å². The normalized spacial score (nSPS) is 18.2. The van der Waals surface area contributed by atoms with E-state index in [2.05, 4.69) is 48.5 Å². The van der Waals surface area contributed by atoms with Crippen LogP contribution in [0.2, 0.25) is 0 Å². The lowest BCUT2D eigenvalue weighted by Gasteiger charge is -2.33. The highest BCUT2D eigenvalue weighted by Crippen LogP contribution is 2.31. The van der Waals surface area contributed by atoms with Gasteiger partial charge in [0.1, 0.15) is 0 Å². The molecule has 0 radical (unpaired) electrons. The van der Waals surface area contributed by atoms with E-state index in [1.54, 1.807) is 0 Å². The van der Waals surface area contributed by atoms with Crippen molar-refractivity contribution < 1.29 is 5.11 Å². The Kier molecular flexibility index (Phi) is 7.30. The maximum absolute atomic E-state index is 10.2. The Morgan fingerprint density at radius 3 is 1.56 bits per heavy atom. The summed E-state index contributed by atoms with van der Waals surface area (Å²) >= 11 is 0. The first-order valence-corrected chi connectivity index (χ1v) is 6.95. The predicted octanol–water partition coefficient (Wildman–Crippen LogP) is 4.35. The molecule has 0 aliphatic rings. The number of aliphatic hydroxyl groups excluding tert-OH is 1. The van der Waals surface area contributed by atoms with Crippen molar-refractivity contribution in [2.45, 2.75) is 67.4 Å². The van der Waals surface area contributed by atoms with E-state index >= 15 is 0 Å². The second kappa shape index (κ2) is 7.32. The van der Waals surface area contributed by atoms with Crippen LogP contribution in [0.15, 0.2) is 0 Å². The smallest absolute Gasteiger partial charge is 0.0591 e. The van der Waals surface area contributed by atoms with Crippen LogP contribution in [0.4, 0.5) is 0 Å². The van der Waals surface area contributed by atoms with Gasteiger partial charge in [-0.2, -0.15) is 0 Å². The molecule has 3 atom stereocenters. The van der Waals surface area contributed by atoms with Gasteiger partial charge < -0.3 is 5.11 Å². The molecule has 0 saturated carbocycles. The molecule has 0 aromatic rings. The molecular formula is C15H32O. The molecule has 0 saturated heterocycles. The van der Waals surface area contributed by atoms with Crippen LogP contribution >= 0.6 is 0 Å². The van der Waals surface area contributed by atoms with Crippen molar-refractivity contribution in [1.29, 1.82) is 0 Å². The van der Waals surface area contributed by atoms with Gasteiger partial charge in [0.15, 0.2) is 0 Å². The minimum Gasteiger partial charge on any atom is -0.393 e. The third-order valence-electron chi connectivity index (χ3n) is 3.83. The average Bonchev–Trinajstić information content (AvgIpc) is 2.15. The molecule has 0 aliphatic carbocycles. The summed E-state index contributed by atoms with van der Waals surface area (Å²) < 4.78 is 0. The lowest BCUT2D eigenvalue weighted by Crippen LogP contribution is -2.32. The van der Waals surface area contributed by atoms with E-state index in [4.69, 9.17) is 0 Å². The van der Waals surface area contributed by atoms with Crippen molar-refractivity contribution in [3.8, 4) is 0 Å². The van der Waals surface area contributed by atoms with Crippen LogP contribution in [0.5, 0.6) is 0 Å². The maximum atomic E-state index is 10.2. The first-order chi connectivity index (χ1) is 7.27. The highest BCUT2D eigenvalue weighted by Gasteiger charge is 2.28. The van der Waals surface area contributed by atoms with Crippen molar-refractivity contribution in [2.75, 3.05) is 0 Å². The summed E-state index contributed by atoms with van der Waals surface area (Å²) in [6.45, 7) is 15.6. The molecule has 1 heteroatoms. The lowest BCUT2D eigenvalue weighted by molar-refractivity contribution is 0.0274. The summed E-state index contributed by atoms with van der Waals surface area (Å²) in [7, 11) is 0. The Balaban J connectivity index is 4.40. The van der Waals surface area contributed by atoms with Crippen LogP contribution in [-0.2, 0) is 0 Å². The Morgan fingerprint density at radius 2 is 1.25 bits per heavy atom. The van der Waals surface area contributed by atoms with Gasteiger partial charge in [-0.1, -0.05) is 54.9 Å². The summed E-state index contributed by atoms with van der Waals surface area (Å²) in [4.78, 5) is 0. The standard InChI is InChI=1S/C15H32O/c1-10(2)8-9-14(11(3)4)13(7)15(16)12(5)6/h10-16H,8-9H2,1-7H3. The lowest BCUT2D eigenvalue weighted by atomic mass is 9.75. The largest absolute Gasteiger partial charge is 0.393 e. The molecule has 0 aliphatic heterocycles. The first-order valence-electron chi connectivity index (χ1n) is 6.95. The molecule has 98 valence electrons. The molecule has 0 amide bonds. The van der Waals surface area contributed by atoms with E-state index in [1.807, 2.05) is 0 Å². The second-order valence-corrected chi connectivity index (χ2v) is 6.47. The average molecular weight is 228 g/mol. The maximum Gasteiger partial charge on any atom is 0.0591 e. The number of hydrogen-bond donors (Lipinski definition) is 1. The Hall–Kier alpha value is -0.0400. The molecule has 0 bridgehead atoms. The van der Waals surface area contributed by atoms with Gasteiger partial charge in [-0.15, -0.1) is 0 Å². The van der Waals surface area contributed by atoms with Gasteiger partial charge in [0.25, 0.3) is 0 Å². The summed E-state index contributed by atoms with van der Waals surface area (Å²) in [5.74, 6) is 2.88. The zero-order chi connectivity index (χ0) is 12.9. The van der Waals surface area contributed by atoms with Gasteiger partial charge in [0.2, 0.25) is 0 Å². The summed E-state index contributed by atoms with van der Waals surface area (Å²) in [6.07, 6.45) is 2.37. The van der Waals surface area contributed by atoms with E-state index in [0.717, 1.165) is 5.92 Å². The van der Waals surface area contributed by atoms with Gasteiger partial charge in [0.05, 0.1) is 6.10 Å². The first kappa shape index (κ1) is 16.0. The highest BCUT2D eigenvalue weighted by atomic mass is 16.3. The number of rotatable bonds is 7. The molecule has 0 spiro atoms. The fourth-order valence-electron chi connectivity index (χ4n) is 2.59. The van der Waals surface area contributed by atoms with E-state index in [-0.39, 0.29) is 6.10 Å². The molecule has 1 N–H and O–H groups in total. The van der Waals surface area contributed by atoms with Crippen molar-refractivity contribution in [3.63, 3.8) is 0 Å². The molecule has 0 aromatic heterocycles. The van der Waals surface area contributed by atoms with Crippen LogP contribution in [0.25, 0.3) is 0 Å². The molecule has 0 rings (SSSR count). The van der Waals surface area contributed by atoms with Gasteiger partial charge in [-0.25, -0.2) is 0 Å². The predicted molar refractivity (Wildman–Crippen MR) is 72.4 cm³/mol. The molecule has 0 heterocycles. The van der Waals surface area contributed by atoms with Crippen molar-refractivity contribution in [1.82, 2.24) is 0 Å². The third kappa shape index (κ3) is 5.34. The summed E-state index contributed by atoms with van der Waals surface area (Å²) in [5.41, 5.74) is 0. The monoisotopic (exact) mass is 228 g/mol. The van der Waals surface area contributed by atoms with E-state index in [1.165, 1.54) is 12.8 Å². The molecule has 1 nitrogen and oxygen atoms in total. The van der Waals surface area contributed by atoms with Crippen molar-refractivity contribution >= 4 is 0 Å². The minimum atomic E-state index is -0.153. The fourth-order valence-corrected chi connectivity index (χ4v) is 2.59. The minimum absolute atomic E-state index is 0.153. The van der Waals surface area contributed by atoms with E-state index in [0.29, 0.717) is 23.7 Å². The van der Waals surface area contributed by atoms with Gasteiger partial charge >= 0.3 is 0 Å². The quantitative estimate of drug-likeness (QED) is 0.687. The summed E-state index contributed by atoms with van der Waals surface area (Å²) in [5, 5.41) is 10.2. The van der Waals surface area contributed by atoms with Crippen LogP contribution in [0.3, 0.4) is 0 Å². The SMILES string of the molecule is CC(C)CCC(C(C)C)C(C)C(O)C(C)C. The topological polar surface area (TPSA) is 20.2 Å². The summed E-state index contributed by atoms with van der Waals surface area (Å²) in [6, 6.07) is 0. The zero-order valence-corrected chi connectivity index (χ0v) is 12.3. The number of hydrogen-bond acceptors (Lipinski definition) is 1. The number of aliphatic hydroxyl groups is 1. The van der Waals surface area contributed by atoms with E-state index in [9.17, 15) is 5.11 Å². The second-order valence-electron chi connectivity index (χ2n) is 6.47. The molecule has 0 aromatic carbocycles. The Morgan fingerprint density at radius 1 is 0.750 bits per heavy atom. The highest BCUT2D eigenvalue weighted by molar-refractivity contribution is 4.77. The Labute approximate surface area is 103 Å². The molecule has 0 fully saturated rings. The van der Waals surface area contributed by atoms with Crippen LogP contribution in [-0.4, -0.2) is 11.2 Å². The Bertz CT molecular complexity index is 172. The van der Waals surface area contributed by atoms with Gasteiger partial charge in [0, 0.05) is 0 Å². The van der Waals surface area contributed by atoms with Crippen molar-refractivity contribution in [2.24, 2.45) is 29.6 Å². The third-order valence-corrected chi connectivity index (χ3v) is 3.83. The van der Waals surface area contributed by atoms with Crippen molar-refractivity contribution in [3.05, 3.63) is 0 Å². The van der Waals surface area contributed by atoms with Crippen LogP contribution < -0.4 is 0 Å². The zero-order valence-electron chi connectivity index (χ0n) is 12.3. The van der Waals surface area contributed by atoms with Gasteiger partial charge in [-0.05, 0) is 36.0 Å². The molecule has 3 unspecified atom stereocenters. The van der Waals surface area contributed by atoms with Gasteiger partial charge in [-0.3, -0.25) is 0 Å². The molecular weight excluding hydrogens is 196 g/mol. The fraction of sp³-hybridized carbons (Fsp3) is 1.00. The van der Waals surface area contributed by atoms with Crippen LogP contribution in [0.1, 0.15) is 61.3 Å². The molecule has 16 heavy (non-hydrogen) atoms. The van der Waals surface area contributed by atoms with E-state index < -0.39 is 0 Å².